The highest BCUT2D eigenvalue weighted by molar-refractivity contribution is 7.13. The van der Waals surface area contributed by atoms with Crippen LogP contribution in [0.3, 0.4) is 0 Å². The molecule has 0 fully saturated rings. The van der Waals surface area contributed by atoms with Crippen molar-refractivity contribution >= 4 is 23.0 Å². The van der Waals surface area contributed by atoms with Gasteiger partial charge in [0.1, 0.15) is 10.6 Å². The molecule has 0 saturated heterocycles. The van der Waals surface area contributed by atoms with Gasteiger partial charge in [-0.05, 0) is 42.7 Å². The number of methoxy groups -OCH3 is 1. The zero-order valence-electron chi connectivity index (χ0n) is 11.0. The smallest absolute Gasteiger partial charge is 0.348 e. The molecule has 0 radical (unpaired) electrons. The minimum Gasteiger partial charge on any atom is -0.497 e. The summed E-state index contributed by atoms with van der Waals surface area (Å²) >= 11 is 1.15. The minimum atomic E-state index is -0.988. The zero-order chi connectivity index (χ0) is 14.2. The van der Waals surface area contributed by atoms with Gasteiger partial charge in [-0.1, -0.05) is 0 Å². The predicted octanol–water partition coefficient (Wildman–Crippen LogP) is 3.32. The summed E-state index contributed by atoms with van der Waals surface area (Å²) in [5.74, 6) is -0.205. The maximum Gasteiger partial charge on any atom is 0.348 e. The van der Waals surface area contributed by atoms with Crippen LogP contribution in [-0.2, 0) is 0 Å². The van der Waals surface area contributed by atoms with Crippen LogP contribution >= 0.6 is 11.3 Å². The van der Waals surface area contributed by atoms with E-state index in [4.69, 9.17) is 15.6 Å². The van der Waals surface area contributed by atoms with Crippen molar-refractivity contribution in [2.75, 3.05) is 12.8 Å². The number of carbonyl (C=O) groups is 1. The van der Waals surface area contributed by atoms with Gasteiger partial charge in [0.05, 0.1) is 12.8 Å². The Morgan fingerprint density at radius 2 is 1.89 bits per heavy atom. The Labute approximate surface area is 115 Å². The first-order valence-corrected chi connectivity index (χ1v) is 6.59. The van der Waals surface area contributed by atoms with Gasteiger partial charge in [0.15, 0.2) is 0 Å². The standard InChI is InChI=1S/C14H15NO3S/c1-7-4-9(18-3)5-8(2)11(7)10-6-19-13(12(10)15)14(16)17/h4-6H,15H2,1-3H3,(H,16,17). The molecular formula is C14H15NO3S. The average Bonchev–Trinajstić information content (AvgIpc) is 2.70. The molecule has 0 aliphatic rings. The van der Waals surface area contributed by atoms with E-state index in [9.17, 15) is 4.79 Å². The van der Waals surface area contributed by atoms with Crippen LogP contribution < -0.4 is 10.5 Å². The van der Waals surface area contributed by atoms with Crippen molar-refractivity contribution in [1.29, 1.82) is 0 Å². The number of benzene rings is 1. The van der Waals surface area contributed by atoms with Crippen LogP contribution in [0.2, 0.25) is 0 Å². The van der Waals surface area contributed by atoms with Crippen molar-refractivity contribution in [3.63, 3.8) is 0 Å². The maximum atomic E-state index is 11.0. The van der Waals surface area contributed by atoms with Gasteiger partial charge in [-0.25, -0.2) is 4.79 Å². The van der Waals surface area contributed by atoms with Crippen molar-refractivity contribution in [2.45, 2.75) is 13.8 Å². The van der Waals surface area contributed by atoms with E-state index < -0.39 is 5.97 Å². The topological polar surface area (TPSA) is 72.5 Å². The van der Waals surface area contributed by atoms with E-state index in [1.807, 2.05) is 26.0 Å². The lowest BCUT2D eigenvalue weighted by atomic mass is 9.96. The first kappa shape index (κ1) is 13.4. The van der Waals surface area contributed by atoms with Gasteiger partial charge < -0.3 is 15.6 Å². The molecule has 0 aliphatic heterocycles. The summed E-state index contributed by atoms with van der Waals surface area (Å²) in [6.45, 7) is 3.92. The third kappa shape index (κ3) is 2.29. The molecule has 0 amide bonds. The number of ether oxygens (including phenoxy) is 1. The van der Waals surface area contributed by atoms with Gasteiger partial charge in [0, 0.05) is 10.9 Å². The van der Waals surface area contributed by atoms with Crippen LogP contribution in [0.1, 0.15) is 20.8 Å². The first-order valence-electron chi connectivity index (χ1n) is 5.71. The van der Waals surface area contributed by atoms with Gasteiger partial charge in [-0.2, -0.15) is 0 Å². The molecule has 0 aliphatic carbocycles. The molecule has 0 atom stereocenters. The van der Waals surface area contributed by atoms with Crippen LogP contribution in [0, 0.1) is 13.8 Å². The second kappa shape index (κ2) is 4.93. The monoisotopic (exact) mass is 277 g/mol. The fourth-order valence-corrected chi connectivity index (χ4v) is 3.01. The third-order valence-corrected chi connectivity index (χ3v) is 4.02. The predicted molar refractivity (Wildman–Crippen MR) is 77.2 cm³/mol. The van der Waals surface area contributed by atoms with Gasteiger partial charge in [-0.15, -0.1) is 11.3 Å². The normalized spacial score (nSPS) is 10.5. The van der Waals surface area contributed by atoms with Gasteiger partial charge in [0.2, 0.25) is 0 Å². The van der Waals surface area contributed by atoms with E-state index in [1.165, 1.54) is 0 Å². The Bertz CT molecular complexity index is 623. The second-order valence-electron chi connectivity index (χ2n) is 4.33. The largest absolute Gasteiger partial charge is 0.497 e. The lowest BCUT2D eigenvalue weighted by Crippen LogP contribution is -1.99. The molecule has 1 heterocycles. The summed E-state index contributed by atoms with van der Waals surface area (Å²) < 4.78 is 5.22. The molecule has 0 spiro atoms. The maximum absolute atomic E-state index is 11.0. The number of rotatable bonds is 3. The van der Waals surface area contributed by atoms with Gasteiger partial charge in [-0.3, -0.25) is 0 Å². The molecule has 2 aromatic rings. The highest BCUT2D eigenvalue weighted by atomic mass is 32.1. The van der Waals surface area contributed by atoms with Crippen LogP contribution in [0.4, 0.5) is 5.69 Å². The lowest BCUT2D eigenvalue weighted by molar-refractivity contribution is 0.0703. The van der Waals surface area contributed by atoms with Crippen molar-refractivity contribution in [1.82, 2.24) is 0 Å². The lowest BCUT2D eigenvalue weighted by Gasteiger charge is -2.12. The Kier molecular flexibility index (Phi) is 3.48. The zero-order valence-corrected chi connectivity index (χ0v) is 11.8. The fourth-order valence-electron chi connectivity index (χ4n) is 2.19. The highest BCUT2D eigenvalue weighted by Gasteiger charge is 2.18. The highest BCUT2D eigenvalue weighted by Crippen LogP contribution is 2.38. The Morgan fingerprint density at radius 1 is 1.32 bits per heavy atom. The summed E-state index contributed by atoms with van der Waals surface area (Å²) in [5.41, 5.74) is 10.0. The number of thiophene rings is 1. The number of carboxylic acids is 1. The third-order valence-electron chi connectivity index (χ3n) is 3.03. The number of hydrogen-bond acceptors (Lipinski definition) is 4. The molecule has 19 heavy (non-hydrogen) atoms. The second-order valence-corrected chi connectivity index (χ2v) is 5.21. The molecule has 1 aromatic carbocycles. The van der Waals surface area contributed by atoms with E-state index in [2.05, 4.69) is 0 Å². The molecule has 3 N–H and O–H groups in total. The number of hydrogen-bond donors (Lipinski definition) is 2. The van der Waals surface area contributed by atoms with Crippen molar-refractivity contribution in [3.05, 3.63) is 33.5 Å². The quantitative estimate of drug-likeness (QED) is 0.902. The van der Waals surface area contributed by atoms with Crippen molar-refractivity contribution in [2.24, 2.45) is 0 Å². The Balaban J connectivity index is 2.63. The average molecular weight is 277 g/mol. The van der Waals surface area contributed by atoms with E-state index in [-0.39, 0.29) is 4.88 Å². The van der Waals surface area contributed by atoms with E-state index >= 15 is 0 Å². The van der Waals surface area contributed by atoms with Gasteiger partial charge >= 0.3 is 5.97 Å². The fraction of sp³-hybridized carbons (Fsp3) is 0.214. The summed E-state index contributed by atoms with van der Waals surface area (Å²) in [6.07, 6.45) is 0. The van der Waals surface area contributed by atoms with Crippen molar-refractivity contribution in [3.8, 4) is 16.9 Å². The number of carboxylic acid groups (broad SMARTS) is 1. The molecule has 2 rings (SSSR count). The number of anilines is 1. The Hall–Kier alpha value is -2.01. The SMILES string of the molecule is COc1cc(C)c(-c2csc(C(=O)O)c2N)c(C)c1. The molecule has 5 heteroatoms. The first-order chi connectivity index (χ1) is 8.95. The van der Waals surface area contributed by atoms with Crippen LogP contribution in [0.5, 0.6) is 5.75 Å². The van der Waals surface area contributed by atoms with E-state index in [1.54, 1.807) is 12.5 Å². The molecule has 1 aromatic heterocycles. The molecule has 100 valence electrons. The van der Waals surface area contributed by atoms with E-state index in [0.29, 0.717) is 5.69 Å². The van der Waals surface area contributed by atoms with E-state index in [0.717, 1.165) is 39.3 Å². The molecular weight excluding hydrogens is 262 g/mol. The molecule has 4 nitrogen and oxygen atoms in total. The summed E-state index contributed by atoms with van der Waals surface area (Å²) in [4.78, 5) is 11.2. The number of aromatic carboxylic acids is 1. The number of nitrogen functional groups attached to an aromatic ring is 1. The summed E-state index contributed by atoms with van der Waals surface area (Å²) in [5, 5.41) is 10.8. The van der Waals surface area contributed by atoms with Crippen LogP contribution in [0.15, 0.2) is 17.5 Å². The summed E-state index contributed by atoms with van der Waals surface area (Å²) in [7, 11) is 1.62. The molecule has 0 bridgehead atoms. The minimum absolute atomic E-state index is 0.185. The van der Waals surface area contributed by atoms with Gasteiger partial charge in [0.25, 0.3) is 0 Å². The van der Waals surface area contributed by atoms with Crippen LogP contribution in [0.25, 0.3) is 11.1 Å². The number of nitrogens with two attached hydrogens (primary N) is 1. The van der Waals surface area contributed by atoms with Crippen LogP contribution in [-0.4, -0.2) is 18.2 Å². The summed E-state index contributed by atoms with van der Waals surface area (Å²) in [6, 6.07) is 3.83. The van der Waals surface area contributed by atoms with Crippen molar-refractivity contribution < 1.29 is 14.6 Å². The molecule has 0 unspecified atom stereocenters. The molecule has 0 saturated carbocycles. The number of aryl methyl sites for hydroxylation is 2. The Morgan fingerprint density at radius 3 is 2.32 bits per heavy atom.